The molecule has 1 aliphatic heterocycles. The number of carbonyl (C=O) groups is 1. The number of hydrogen-bond donors (Lipinski definition) is 0. The number of anilines is 1. The molecular weight excluding hydrogens is 514 g/mol. The van der Waals surface area contributed by atoms with E-state index in [-0.39, 0.29) is 23.4 Å². The van der Waals surface area contributed by atoms with Crippen LogP contribution in [0.3, 0.4) is 0 Å². The molecule has 1 aromatic heterocycles. The maximum absolute atomic E-state index is 13.3. The Morgan fingerprint density at radius 1 is 1.00 bits per heavy atom. The Morgan fingerprint density at radius 2 is 1.68 bits per heavy atom. The summed E-state index contributed by atoms with van der Waals surface area (Å²) in [6, 6.07) is 17.0. The first-order valence-corrected chi connectivity index (χ1v) is 13.8. The number of sulfonamides is 1. The number of rotatable bonds is 8. The lowest BCUT2D eigenvalue weighted by Gasteiger charge is -2.36. The average molecular weight is 544 g/mol. The Kier molecular flexibility index (Phi) is 8.31. The smallest absolute Gasteiger partial charge is 0.243 e. The molecule has 1 aliphatic rings. The third-order valence-corrected chi connectivity index (χ3v) is 8.66. The molecule has 1 fully saturated rings. The van der Waals surface area contributed by atoms with Crippen LogP contribution in [0.15, 0.2) is 65.6 Å². The fourth-order valence-corrected chi connectivity index (χ4v) is 5.97. The van der Waals surface area contributed by atoms with Crippen LogP contribution in [-0.2, 0) is 14.8 Å². The molecule has 196 valence electrons. The van der Waals surface area contributed by atoms with E-state index in [2.05, 4.69) is 15.1 Å². The van der Waals surface area contributed by atoms with Crippen LogP contribution >= 0.6 is 11.6 Å². The van der Waals surface area contributed by atoms with E-state index >= 15 is 0 Å². The molecule has 0 unspecified atom stereocenters. The Labute approximate surface area is 222 Å². The van der Waals surface area contributed by atoms with Crippen molar-refractivity contribution in [3.05, 3.63) is 65.7 Å². The van der Waals surface area contributed by atoms with Crippen molar-refractivity contribution >= 4 is 33.3 Å². The van der Waals surface area contributed by atoms with Crippen molar-refractivity contribution in [3.63, 3.8) is 0 Å². The Bertz CT molecular complexity index is 1330. The molecule has 9 nitrogen and oxygen atoms in total. The highest BCUT2D eigenvalue weighted by atomic mass is 35.5. The Morgan fingerprint density at radius 3 is 2.24 bits per heavy atom. The van der Waals surface area contributed by atoms with Crippen LogP contribution in [0.25, 0.3) is 11.3 Å². The molecular formula is C26H30ClN5O4S. The second-order valence-electron chi connectivity index (χ2n) is 8.94. The second kappa shape index (κ2) is 11.5. The minimum atomic E-state index is -3.85. The molecule has 1 saturated heterocycles. The van der Waals surface area contributed by atoms with Crippen LogP contribution in [0, 0.1) is 0 Å². The van der Waals surface area contributed by atoms with E-state index in [1.807, 2.05) is 36.4 Å². The van der Waals surface area contributed by atoms with Gasteiger partial charge in [-0.25, -0.2) is 8.42 Å². The van der Waals surface area contributed by atoms with Gasteiger partial charge < -0.3 is 14.5 Å². The zero-order valence-electron chi connectivity index (χ0n) is 21.0. The summed E-state index contributed by atoms with van der Waals surface area (Å²) in [5.41, 5.74) is 1.51. The third-order valence-electron chi connectivity index (χ3n) is 6.29. The van der Waals surface area contributed by atoms with Gasteiger partial charge in [0.15, 0.2) is 5.82 Å². The Hall–Kier alpha value is -3.21. The van der Waals surface area contributed by atoms with Gasteiger partial charge in [-0.1, -0.05) is 29.8 Å². The molecule has 3 aromatic rings. The Balaban J connectivity index is 1.38. The van der Waals surface area contributed by atoms with Crippen molar-refractivity contribution in [2.75, 3.05) is 44.7 Å². The minimum absolute atomic E-state index is 0.124. The normalized spacial score (nSPS) is 14.3. The van der Waals surface area contributed by atoms with Crippen molar-refractivity contribution < 1.29 is 17.9 Å². The van der Waals surface area contributed by atoms with Crippen molar-refractivity contribution in [2.45, 2.75) is 24.8 Å². The number of benzene rings is 2. The number of methoxy groups -OCH3 is 1. The standard InChI is InChI=1S/C26H30ClN5O4S/c1-19(2)32(37(34,35)21-10-8-20(36-3)9-11-21)18-26(33)31-16-14-30(15-17-31)25-13-12-24(28-29-25)22-6-4-5-7-23(22)27/h4-13,19H,14-18H2,1-3H3. The van der Waals surface area contributed by atoms with Crippen LogP contribution in [0.1, 0.15) is 13.8 Å². The summed E-state index contributed by atoms with van der Waals surface area (Å²) in [6.45, 7) is 5.35. The number of nitrogens with zero attached hydrogens (tertiary/aromatic N) is 5. The van der Waals surface area contributed by atoms with E-state index in [4.69, 9.17) is 16.3 Å². The summed E-state index contributed by atoms with van der Waals surface area (Å²) in [6.07, 6.45) is 0. The first kappa shape index (κ1) is 26.8. The van der Waals surface area contributed by atoms with Crippen molar-refractivity contribution in [2.24, 2.45) is 0 Å². The first-order chi connectivity index (χ1) is 17.7. The van der Waals surface area contributed by atoms with Gasteiger partial charge in [0.2, 0.25) is 15.9 Å². The summed E-state index contributed by atoms with van der Waals surface area (Å²) < 4.78 is 32.9. The van der Waals surface area contributed by atoms with Gasteiger partial charge in [0.05, 0.1) is 29.3 Å². The SMILES string of the molecule is COc1ccc(S(=O)(=O)N(CC(=O)N2CCN(c3ccc(-c4ccccc4Cl)nn3)CC2)C(C)C)cc1. The fourth-order valence-electron chi connectivity index (χ4n) is 4.15. The summed E-state index contributed by atoms with van der Waals surface area (Å²) in [4.78, 5) is 17.0. The molecule has 0 spiro atoms. The summed E-state index contributed by atoms with van der Waals surface area (Å²) in [5, 5.41) is 9.30. The van der Waals surface area contributed by atoms with Gasteiger partial charge in [-0.2, -0.15) is 4.31 Å². The number of halogens is 1. The van der Waals surface area contributed by atoms with Gasteiger partial charge in [0.25, 0.3) is 0 Å². The number of aromatic nitrogens is 2. The van der Waals surface area contributed by atoms with E-state index in [0.29, 0.717) is 48.5 Å². The van der Waals surface area contributed by atoms with Gasteiger partial charge in [-0.3, -0.25) is 4.79 Å². The molecule has 37 heavy (non-hydrogen) atoms. The van der Waals surface area contributed by atoms with Gasteiger partial charge in [0, 0.05) is 37.8 Å². The largest absolute Gasteiger partial charge is 0.497 e. The summed E-state index contributed by atoms with van der Waals surface area (Å²) in [5.74, 6) is 1.05. The van der Waals surface area contributed by atoms with E-state index in [1.165, 1.54) is 23.5 Å². The molecule has 0 N–H and O–H groups in total. The van der Waals surface area contributed by atoms with Crippen LogP contribution in [-0.4, -0.2) is 79.6 Å². The zero-order valence-corrected chi connectivity index (χ0v) is 22.6. The molecule has 2 heterocycles. The van der Waals surface area contributed by atoms with E-state index in [9.17, 15) is 13.2 Å². The van der Waals surface area contributed by atoms with Gasteiger partial charge in [-0.05, 0) is 56.3 Å². The minimum Gasteiger partial charge on any atom is -0.497 e. The maximum atomic E-state index is 13.3. The average Bonchev–Trinajstić information content (AvgIpc) is 2.92. The molecule has 0 saturated carbocycles. The predicted octanol–water partition coefficient (Wildman–Crippen LogP) is 3.55. The zero-order chi connectivity index (χ0) is 26.6. The van der Waals surface area contributed by atoms with Crippen LogP contribution < -0.4 is 9.64 Å². The first-order valence-electron chi connectivity index (χ1n) is 12.0. The number of ether oxygens (including phenoxy) is 1. The van der Waals surface area contributed by atoms with Gasteiger partial charge in [-0.15, -0.1) is 10.2 Å². The van der Waals surface area contributed by atoms with E-state index in [0.717, 1.165) is 5.56 Å². The number of amides is 1. The molecule has 0 atom stereocenters. The highest BCUT2D eigenvalue weighted by Crippen LogP contribution is 2.26. The van der Waals surface area contributed by atoms with Crippen LogP contribution in [0.5, 0.6) is 5.75 Å². The number of hydrogen-bond acceptors (Lipinski definition) is 7. The highest BCUT2D eigenvalue weighted by molar-refractivity contribution is 7.89. The molecule has 11 heteroatoms. The lowest BCUT2D eigenvalue weighted by Crippen LogP contribution is -2.52. The highest BCUT2D eigenvalue weighted by Gasteiger charge is 2.32. The lowest BCUT2D eigenvalue weighted by atomic mass is 10.1. The summed E-state index contributed by atoms with van der Waals surface area (Å²) in [7, 11) is -2.33. The fraction of sp³-hybridized carbons (Fsp3) is 0.346. The van der Waals surface area contributed by atoms with Crippen molar-refractivity contribution in [1.82, 2.24) is 19.4 Å². The van der Waals surface area contributed by atoms with Crippen LogP contribution in [0.4, 0.5) is 5.82 Å². The third kappa shape index (κ3) is 6.03. The molecule has 1 amide bonds. The molecule has 4 rings (SSSR count). The van der Waals surface area contributed by atoms with E-state index < -0.39 is 10.0 Å². The lowest BCUT2D eigenvalue weighted by molar-refractivity contribution is -0.132. The summed E-state index contributed by atoms with van der Waals surface area (Å²) >= 11 is 6.26. The molecule has 0 bridgehead atoms. The van der Waals surface area contributed by atoms with Gasteiger partial charge in [0.1, 0.15) is 5.75 Å². The maximum Gasteiger partial charge on any atom is 0.243 e. The molecule has 0 radical (unpaired) electrons. The van der Waals surface area contributed by atoms with Gasteiger partial charge >= 0.3 is 0 Å². The molecule has 2 aromatic carbocycles. The second-order valence-corrected chi connectivity index (χ2v) is 11.2. The number of carbonyl (C=O) groups excluding carboxylic acids is 1. The van der Waals surface area contributed by atoms with Crippen molar-refractivity contribution in [3.8, 4) is 17.0 Å². The van der Waals surface area contributed by atoms with E-state index in [1.54, 1.807) is 30.9 Å². The monoisotopic (exact) mass is 543 g/mol. The number of piperazine rings is 1. The quantitative estimate of drug-likeness (QED) is 0.428. The molecule has 0 aliphatic carbocycles. The van der Waals surface area contributed by atoms with Crippen LogP contribution in [0.2, 0.25) is 5.02 Å². The van der Waals surface area contributed by atoms with Crippen molar-refractivity contribution in [1.29, 1.82) is 0 Å². The predicted molar refractivity (Wildman–Crippen MR) is 143 cm³/mol. The topological polar surface area (TPSA) is 95.9 Å².